The van der Waals surface area contributed by atoms with Gasteiger partial charge in [0.2, 0.25) is 0 Å². The molecular formula is C50H33N5. The molecule has 0 aliphatic heterocycles. The van der Waals surface area contributed by atoms with Crippen LogP contribution in [0.4, 0.5) is 0 Å². The molecule has 10 rings (SSSR count). The maximum absolute atomic E-state index is 5.22. The van der Waals surface area contributed by atoms with Crippen LogP contribution in [0.5, 0.6) is 0 Å². The fourth-order valence-electron chi connectivity index (χ4n) is 7.43. The molecule has 0 saturated carbocycles. The lowest BCUT2D eigenvalue weighted by Crippen LogP contribution is -1.97. The van der Waals surface area contributed by atoms with Crippen molar-refractivity contribution in [2.75, 3.05) is 0 Å². The first-order valence-corrected chi connectivity index (χ1v) is 18.4. The molecule has 6 aromatic carbocycles. The molecule has 0 fully saturated rings. The van der Waals surface area contributed by atoms with Gasteiger partial charge in [-0.2, -0.15) is 0 Å². The van der Waals surface area contributed by atoms with Gasteiger partial charge >= 0.3 is 0 Å². The maximum Gasteiger partial charge on any atom is 0.160 e. The summed E-state index contributed by atoms with van der Waals surface area (Å²) in [4.78, 5) is 19.7. The Balaban J connectivity index is 1.18. The van der Waals surface area contributed by atoms with Gasteiger partial charge in [0.15, 0.2) is 5.82 Å². The van der Waals surface area contributed by atoms with Crippen LogP contribution in [0.25, 0.3) is 95.0 Å². The van der Waals surface area contributed by atoms with Crippen molar-refractivity contribution < 1.29 is 0 Å². The minimum atomic E-state index is 0.668. The maximum atomic E-state index is 5.22. The molecular weight excluding hydrogens is 671 g/mol. The van der Waals surface area contributed by atoms with Crippen molar-refractivity contribution in [3.05, 3.63) is 200 Å². The fourth-order valence-corrected chi connectivity index (χ4v) is 7.43. The summed E-state index contributed by atoms with van der Waals surface area (Å²) in [5, 5.41) is 2.34. The summed E-state index contributed by atoms with van der Waals surface area (Å²) in [5.74, 6) is 1.56. The molecule has 0 aliphatic rings. The number of rotatable bonds is 7. The summed E-state index contributed by atoms with van der Waals surface area (Å²) < 4.78 is 2.24. The third-order valence-corrected chi connectivity index (χ3v) is 10.1. The molecule has 4 heterocycles. The van der Waals surface area contributed by atoms with Crippen molar-refractivity contribution in [2.45, 2.75) is 0 Å². The molecule has 0 aliphatic carbocycles. The smallest absolute Gasteiger partial charge is 0.160 e. The van der Waals surface area contributed by atoms with Gasteiger partial charge in [-0.05, 0) is 89.0 Å². The van der Waals surface area contributed by atoms with Crippen molar-refractivity contribution in [3.63, 3.8) is 0 Å². The van der Waals surface area contributed by atoms with Crippen LogP contribution in [0.2, 0.25) is 0 Å². The van der Waals surface area contributed by atoms with Crippen molar-refractivity contribution in [3.8, 4) is 73.2 Å². The summed E-state index contributed by atoms with van der Waals surface area (Å²) >= 11 is 0. The highest BCUT2D eigenvalue weighted by atomic mass is 15.1. The van der Waals surface area contributed by atoms with E-state index >= 15 is 0 Å². The Morgan fingerprint density at radius 2 is 0.855 bits per heavy atom. The molecule has 55 heavy (non-hydrogen) atoms. The summed E-state index contributed by atoms with van der Waals surface area (Å²) in [5.41, 5.74) is 13.4. The van der Waals surface area contributed by atoms with Crippen molar-refractivity contribution in [2.24, 2.45) is 0 Å². The first-order valence-electron chi connectivity index (χ1n) is 18.4. The molecule has 0 radical (unpaired) electrons. The predicted octanol–water partition coefficient (Wildman–Crippen LogP) is 12.4. The summed E-state index contributed by atoms with van der Waals surface area (Å²) in [6.45, 7) is 0. The molecule has 10 aromatic rings. The highest BCUT2D eigenvalue weighted by Gasteiger charge is 2.17. The van der Waals surface area contributed by atoms with E-state index in [0.717, 1.165) is 78.4 Å². The second-order valence-corrected chi connectivity index (χ2v) is 13.6. The largest absolute Gasteiger partial charge is 0.294 e. The predicted molar refractivity (Wildman–Crippen MR) is 225 cm³/mol. The Hall–Kier alpha value is -7.50. The Morgan fingerprint density at radius 3 is 1.53 bits per heavy atom. The average Bonchev–Trinajstić information content (AvgIpc) is 3.61. The first-order chi connectivity index (χ1) is 27.2. The molecule has 0 atom stereocenters. The van der Waals surface area contributed by atoms with Crippen LogP contribution in [0.1, 0.15) is 0 Å². The topological polar surface area (TPSA) is 56.5 Å². The van der Waals surface area contributed by atoms with Gasteiger partial charge in [0.25, 0.3) is 0 Å². The second kappa shape index (κ2) is 13.8. The van der Waals surface area contributed by atoms with E-state index in [1.54, 1.807) is 0 Å². The lowest BCUT2D eigenvalue weighted by atomic mass is 9.94. The van der Waals surface area contributed by atoms with Crippen LogP contribution in [-0.4, -0.2) is 24.5 Å². The number of benzene rings is 6. The van der Waals surface area contributed by atoms with E-state index in [0.29, 0.717) is 5.82 Å². The van der Waals surface area contributed by atoms with Crippen LogP contribution >= 0.6 is 0 Å². The Morgan fingerprint density at radius 1 is 0.309 bits per heavy atom. The van der Waals surface area contributed by atoms with Crippen LogP contribution in [0, 0.1) is 0 Å². The monoisotopic (exact) mass is 703 g/mol. The summed E-state index contributed by atoms with van der Waals surface area (Å²) in [6, 6.07) is 65.4. The third kappa shape index (κ3) is 6.14. The molecule has 0 amide bonds. The van der Waals surface area contributed by atoms with Crippen molar-refractivity contribution in [1.29, 1.82) is 0 Å². The quantitative estimate of drug-likeness (QED) is 0.166. The molecule has 5 heteroatoms. The Kier molecular flexibility index (Phi) is 8.08. The van der Waals surface area contributed by atoms with E-state index in [1.807, 2.05) is 79.1 Å². The third-order valence-electron chi connectivity index (χ3n) is 10.1. The second-order valence-electron chi connectivity index (χ2n) is 13.6. The summed E-state index contributed by atoms with van der Waals surface area (Å²) in [6.07, 6.45) is 3.68. The van der Waals surface area contributed by atoms with Gasteiger partial charge in [-0.1, -0.05) is 121 Å². The standard InChI is InChI=1S/C50H33N5/c1-3-13-35(14-4-1)45-33-46(36-15-5-2-6-16-36)54-50(53-45)41-30-39(34-21-23-37(24-22-34)44-18-9-11-27-51-44)29-40(31-41)38-25-26-48-43(32-38)42-17-7-8-19-47(42)55(48)49-20-10-12-28-52-49/h1-33H. The Labute approximate surface area is 318 Å². The zero-order valence-corrected chi connectivity index (χ0v) is 29.8. The van der Waals surface area contributed by atoms with Gasteiger partial charge in [0.05, 0.1) is 28.1 Å². The van der Waals surface area contributed by atoms with Gasteiger partial charge in [0.1, 0.15) is 5.82 Å². The molecule has 0 N–H and O–H groups in total. The minimum Gasteiger partial charge on any atom is -0.294 e. The summed E-state index contributed by atoms with van der Waals surface area (Å²) in [7, 11) is 0. The van der Waals surface area contributed by atoms with E-state index in [2.05, 4.69) is 131 Å². The number of fused-ring (bicyclic) bond motifs is 3. The van der Waals surface area contributed by atoms with E-state index < -0.39 is 0 Å². The number of para-hydroxylation sites is 1. The number of hydrogen-bond acceptors (Lipinski definition) is 4. The number of nitrogens with zero attached hydrogens (tertiary/aromatic N) is 5. The van der Waals surface area contributed by atoms with Crippen LogP contribution < -0.4 is 0 Å². The molecule has 0 spiro atoms. The van der Waals surface area contributed by atoms with Gasteiger partial charge < -0.3 is 0 Å². The average molecular weight is 704 g/mol. The van der Waals surface area contributed by atoms with Crippen molar-refractivity contribution >= 4 is 21.8 Å². The molecule has 5 nitrogen and oxygen atoms in total. The zero-order chi connectivity index (χ0) is 36.6. The van der Waals surface area contributed by atoms with Gasteiger partial charge in [-0.3, -0.25) is 9.55 Å². The van der Waals surface area contributed by atoms with Crippen LogP contribution in [0.3, 0.4) is 0 Å². The van der Waals surface area contributed by atoms with Gasteiger partial charge in [0, 0.05) is 45.4 Å². The number of hydrogen-bond donors (Lipinski definition) is 0. The van der Waals surface area contributed by atoms with Gasteiger partial charge in [-0.15, -0.1) is 0 Å². The molecule has 0 unspecified atom stereocenters. The van der Waals surface area contributed by atoms with E-state index in [9.17, 15) is 0 Å². The molecule has 0 bridgehead atoms. The van der Waals surface area contributed by atoms with Crippen LogP contribution in [-0.2, 0) is 0 Å². The zero-order valence-electron chi connectivity index (χ0n) is 29.8. The minimum absolute atomic E-state index is 0.668. The Bertz CT molecular complexity index is 2880. The molecule has 258 valence electrons. The number of pyridine rings is 2. The lowest BCUT2D eigenvalue weighted by Gasteiger charge is -2.14. The lowest BCUT2D eigenvalue weighted by molar-refractivity contribution is 1.08. The highest BCUT2D eigenvalue weighted by molar-refractivity contribution is 6.10. The van der Waals surface area contributed by atoms with E-state index in [4.69, 9.17) is 15.0 Å². The van der Waals surface area contributed by atoms with E-state index in [1.165, 1.54) is 10.8 Å². The molecule has 0 saturated heterocycles. The van der Waals surface area contributed by atoms with E-state index in [-0.39, 0.29) is 0 Å². The van der Waals surface area contributed by atoms with Crippen molar-refractivity contribution in [1.82, 2.24) is 24.5 Å². The van der Waals surface area contributed by atoms with Crippen LogP contribution in [0.15, 0.2) is 200 Å². The van der Waals surface area contributed by atoms with Gasteiger partial charge in [-0.25, -0.2) is 15.0 Å². The highest BCUT2D eigenvalue weighted by Crippen LogP contribution is 2.38. The SMILES string of the molecule is c1ccc(-c2cc(-c3ccccc3)nc(-c3cc(-c4ccc(-c5ccccn5)cc4)cc(-c4ccc5c(c4)c4ccccc4n5-c4ccccn4)c3)n2)cc1. The first kappa shape index (κ1) is 32.2. The fraction of sp³-hybridized carbons (Fsp3) is 0. The number of aromatic nitrogens is 5. The normalized spacial score (nSPS) is 11.3. The molecule has 4 aromatic heterocycles.